The number of hydrogen-bond donors (Lipinski definition) is 1. The van der Waals surface area contributed by atoms with Crippen LogP contribution in [0.4, 0.5) is 0 Å². The van der Waals surface area contributed by atoms with Crippen molar-refractivity contribution in [2.24, 2.45) is 0 Å². The fourth-order valence-electron chi connectivity index (χ4n) is 1.50. The summed E-state index contributed by atoms with van der Waals surface area (Å²) < 4.78 is 22.3. The summed E-state index contributed by atoms with van der Waals surface area (Å²) in [6, 6.07) is 0. The summed E-state index contributed by atoms with van der Waals surface area (Å²) in [5.74, 6) is -1.07. The highest BCUT2D eigenvalue weighted by atomic mass is 28.4. The Morgan fingerprint density at radius 1 is 1.12 bits per heavy atom. The van der Waals surface area contributed by atoms with Crippen molar-refractivity contribution < 1.29 is 18.6 Å². The number of hydrogen-bond acceptors (Lipinski definition) is 5. The van der Waals surface area contributed by atoms with E-state index in [0.717, 1.165) is 6.17 Å². The monoisotopic (exact) mass is 265 g/mol. The van der Waals surface area contributed by atoms with Crippen molar-refractivity contribution in [2.75, 3.05) is 40.1 Å². The Morgan fingerprint density at radius 3 is 2.00 bits per heavy atom. The number of ether oxygens (including phenoxy) is 3. The average molecular weight is 265 g/mol. The van der Waals surface area contributed by atoms with E-state index in [0.29, 0.717) is 19.8 Å². The summed E-state index contributed by atoms with van der Waals surface area (Å²) >= 11 is 0. The Hall–Kier alpha value is 0.0169. The van der Waals surface area contributed by atoms with Crippen molar-refractivity contribution in [3.05, 3.63) is 0 Å². The Morgan fingerprint density at radius 2 is 1.65 bits per heavy atom. The lowest BCUT2D eigenvalue weighted by molar-refractivity contribution is -0.378. The molecule has 0 bridgehead atoms. The minimum atomic E-state index is -1.74. The predicted octanol–water partition coefficient (Wildman–Crippen LogP) is 1.34. The molecule has 0 heterocycles. The van der Waals surface area contributed by atoms with Crippen molar-refractivity contribution in [1.82, 2.24) is 5.32 Å². The molecule has 0 aromatic rings. The lowest BCUT2D eigenvalue weighted by Gasteiger charge is -2.34. The second-order valence-electron chi connectivity index (χ2n) is 4.33. The van der Waals surface area contributed by atoms with Gasteiger partial charge in [0, 0.05) is 26.5 Å². The van der Waals surface area contributed by atoms with E-state index in [9.17, 15) is 0 Å². The van der Waals surface area contributed by atoms with Crippen molar-refractivity contribution in [2.45, 2.75) is 32.9 Å². The molecule has 0 aliphatic heterocycles. The third-order valence-corrected chi connectivity index (χ3v) is 4.41. The predicted molar refractivity (Wildman–Crippen MR) is 70.4 cm³/mol. The summed E-state index contributed by atoms with van der Waals surface area (Å²) in [6.07, 6.45) is 0.880. The first kappa shape index (κ1) is 17.0. The molecule has 0 unspecified atom stereocenters. The maximum atomic E-state index is 5.93. The van der Waals surface area contributed by atoms with E-state index in [4.69, 9.17) is 18.6 Å². The van der Waals surface area contributed by atoms with Gasteiger partial charge in [-0.2, -0.15) is 0 Å². The zero-order valence-corrected chi connectivity index (χ0v) is 13.0. The quantitative estimate of drug-likeness (QED) is 0.477. The first-order valence-corrected chi connectivity index (χ1v) is 9.18. The normalized spacial score (nSPS) is 13.1. The number of rotatable bonds is 10. The number of methoxy groups -OCH3 is 1. The highest BCUT2D eigenvalue weighted by Gasteiger charge is 2.35. The molecule has 0 saturated carbocycles. The lowest BCUT2D eigenvalue weighted by atomic mass is 10.5. The molecule has 0 aliphatic rings. The van der Waals surface area contributed by atoms with E-state index in [2.05, 4.69) is 18.4 Å². The van der Waals surface area contributed by atoms with Gasteiger partial charge in [0.2, 0.25) is 8.32 Å². The second kappa shape index (κ2) is 8.18. The second-order valence-corrected chi connectivity index (χ2v) is 8.49. The SMILES string of the molecule is CCOC(CO[Si](C)(C)CNC)(OC)OCC. The van der Waals surface area contributed by atoms with Crippen LogP contribution in [0.1, 0.15) is 13.8 Å². The van der Waals surface area contributed by atoms with Gasteiger partial charge >= 0.3 is 5.97 Å². The van der Waals surface area contributed by atoms with Gasteiger partial charge in [0.25, 0.3) is 0 Å². The van der Waals surface area contributed by atoms with Gasteiger partial charge in [-0.05, 0) is 34.0 Å². The van der Waals surface area contributed by atoms with Gasteiger partial charge in [0.05, 0.1) is 0 Å². The van der Waals surface area contributed by atoms with E-state index in [-0.39, 0.29) is 0 Å². The van der Waals surface area contributed by atoms with Gasteiger partial charge in [0.1, 0.15) is 6.61 Å². The first-order chi connectivity index (χ1) is 7.95. The molecule has 0 amide bonds. The van der Waals surface area contributed by atoms with Gasteiger partial charge in [-0.25, -0.2) is 0 Å². The van der Waals surface area contributed by atoms with E-state index in [1.54, 1.807) is 7.11 Å². The van der Waals surface area contributed by atoms with Gasteiger partial charge < -0.3 is 24.0 Å². The van der Waals surface area contributed by atoms with Crippen molar-refractivity contribution in [1.29, 1.82) is 0 Å². The van der Waals surface area contributed by atoms with Crippen LogP contribution in [0.3, 0.4) is 0 Å². The van der Waals surface area contributed by atoms with Crippen LogP contribution in [-0.4, -0.2) is 54.4 Å². The number of nitrogens with one attached hydrogen (secondary N) is 1. The minimum absolute atomic E-state index is 0.298. The molecular weight excluding hydrogens is 238 g/mol. The van der Waals surface area contributed by atoms with Crippen LogP contribution in [0, 0.1) is 0 Å². The molecule has 0 aliphatic carbocycles. The molecule has 17 heavy (non-hydrogen) atoms. The standard InChI is InChI=1S/C11H27NO4Si/c1-7-14-11(13-4,15-8-2)9-16-17(5,6)10-12-3/h12H,7-10H2,1-6H3. The van der Waals surface area contributed by atoms with Gasteiger partial charge in [0.15, 0.2) is 0 Å². The fourth-order valence-corrected chi connectivity index (χ4v) is 3.02. The lowest BCUT2D eigenvalue weighted by Crippen LogP contribution is -2.49. The van der Waals surface area contributed by atoms with E-state index >= 15 is 0 Å². The summed E-state index contributed by atoms with van der Waals surface area (Å²) in [7, 11) is 1.76. The summed E-state index contributed by atoms with van der Waals surface area (Å²) in [5, 5.41) is 3.14. The molecule has 0 fully saturated rings. The highest BCUT2D eigenvalue weighted by Crippen LogP contribution is 2.17. The van der Waals surface area contributed by atoms with Crippen molar-refractivity contribution >= 4 is 8.32 Å². The molecule has 0 aromatic heterocycles. The Kier molecular flexibility index (Phi) is 8.19. The minimum Gasteiger partial charge on any atom is -0.408 e. The first-order valence-electron chi connectivity index (χ1n) is 6.07. The van der Waals surface area contributed by atoms with Gasteiger partial charge in [-0.3, -0.25) is 0 Å². The Balaban J connectivity index is 4.42. The van der Waals surface area contributed by atoms with Gasteiger partial charge in [-0.1, -0.05) is 0 Å². The third-order valence-electron chi connectivity index (χ3n) is 2.28. The van der Waals surface area contributed by atoms with E-state index in [1.165, 1.54) is 0 Å². The largest absolute Gasteiger partial charge is 0.408 e. The molecule has 0 aromatic carbocycles. The van der Waals surface area contributed by atoms with Crippen molar-refractivity contribution in [3.8, 4) is 0 Å². The maximum absolute atomic E-state index is 5.93. The van der Waals surface area contributed by atoms with Crippen LogP contribution < -0.4 is 5.32 Å². The molecule has 0 radical (unpaired) electrons. The van der Waals surface area contributed by atoms with Crippen LogP contribution in [0.25, 0.3) is 0 Å². The average Bonchev–Trinajstić information content (AvgIpc) is 2.27. The van der Waals surface area contributed by atoms with Crippen LogP contribution in [-0.2, 0) is 18.6 Å². The van der Waals surface area contributed by atoms with Crippen molar-refractivity contribution in [3.63, 3.8) is 0 Å². The zero-order valence-electron chi connectivity index (χ0n) is 12.0. The summed E-state index contributed by atoms with van der Waals surface area (Å²) in [4.78, 5) is 0. The van der Waals surface area contributed by atoms with Crippen LogP contribution in [0.2, 0.25) is 13.1 Å². The molecule has 104 valence electrons. The molecule has 1 N–H and O–H groups in total. The molecule has 0 rings (SSSR count). The van der Waals surface area contributed by atoms with E-state index < -0.39 is 14.3 Å². The maximum Gasteiger partial charge on any atom is 0.306 e. The highest BCUT2D eigenvalue weighted by molar-refractivity contribution is 6.71. The molecule has 0 saturated heterocycles. The fraction of sp³-hybridized carbons (Fsp3) is 1.00. The summed E-state index contributed by atoms with van der Waals surface area (Å²) in [5.41, 5.74) is 0. The van der Waals surface area contributed by atoms with E-state index in [1.807, 2.05) is 20.9 Å². The molecule has 5 nitrogen and oxygen atoms in total. The van der Waals surface area contributed by atoms with Crippen LogP contribution in [0.5, 0.6) is 0 Å². The summed E-state index contributed by atoms with van der Waals surface area (Å²) in [6.45, 7) is 9.43. The molecule has 0 spiro atoms. The zero-order chi connectivity index (χ0) is 13.4. The molecular formula is C11H27NO4Si. The Bertz CT molecular complexity index is 196. The smallest absolute Gasteiger partial charge is 0.306 e. The van der Waals surface area contributed by atoms with Gasteiger partial charge in [-0.15, -0.1) is 0 Å². The topological polar surface area (TPSA) is 49.0 Å². The van der Waals surface area contributed by atoms with Crippen LogP contribution in [0.15, 0.2) is 0 Å². The molecule has 6 heteroatoms. The third kappa shape index (κ3) is 6.49. The molecule has 0 atom stereocenters. The Labute approximate surface area is 106 Å². The van der Waals surface area contributed by atoms with Crippen LogP contribution >= 0.6 is 0 Å².